The number of pyridine rings is 1. The number of aryl methyl sites for hydroxylation is 1. The normalized spacial score (nSPS) is 11.2. The van der Waals surface area contributed by atoms with Crippen LogP contribution in [0.5, 0.6) is 17.4 Å². The smallest absolute Gasteiger partial charge is 0.247 e. The number of nitrogens with zero attached hydrogens (tertiary/aromatic N) is 4. The van der Waals surface area contributed by atoms with Crippen LogP contribution in [0.1, 0.15) is 11.1 Å². The molecule has 0 radical (unpaired) electrons. The Morgan fingerprint density at radius 2 is 1.97 bits per heavy atom. The Morgan fingerprint density at radius 1 is 1.10 bits per heavy atom. The van der Waals surface area contributed by atoms with Gasteiger partial charge in [-0.25, -0.2) is 13.9 Å². The van der Waals surface area contributed by atoms with E-state index >= 15 is 0 Å². The second-order valence-electron chi connectivity index (χ2n) is 6.53. The lowest BCUT2D eigenvalue weighted by molar-refractivity contribution is 0.304. The lowest BCUT2D eigenvalue weighted by Crippen LogP contribution is -1.98. The van der Waals surface area contributed by atoms with E-state index in [1.54, 1.807) is 23.0 Å². The molecule has 0 aliphatic carbocycles. The molecule has 7 nitrogen and oxygen atoms in total. The molecule has 5 rings (SSSR count). The van der Waals surface area contributed by atoms with E-state index in [2.05, 4.69) is 20.1 Å². The zero-order chi connectivity index (χ0) is 19.8. The van der Waals surface area contributed by atoms with Gasteiger partial charge in [-0.05, 0) is 18.6 Å². The Morgan fingerprint density at radius 3 is 2.83 bits per heavy atom. The standard InChI is InChI=1S/C21H16FN5O2/c1-13-17(28-11-14-5-3-2-4-6-14)10-27-19(13)21(25-12-26-27)29-16-9-24-20-15(18(16)22)7-8-23-20/h2-10,12H,11H2,1H3,(H,23,24). The lowest BCUT2D eigenvalue weighted by atomic mass is 10.2. The minimum atomic E-state index is -0.502. The van der Waals surface area contributed by atoms with Crippen molar-refractivity contribution in [1.82, 2.24) is 24.6 Å². The fourth-order valence-electron chi connectivity index (χ4n) is 3.19. The summed E-state index contributed by atoms with van der Waals surface area (Å²) in [5.74, 6) is 0.365. The molecule has 4 aromatic heterocycles. The van der Waals surface area contributed by atoms with Crippen molar-refractivity contribution in [2.45, 2.75) is 13.5 Å². The second kappa shape index (κ2) is 6.90. The molecule has 0 spiro atoms. The van der Waals surface area contributed by atoms with Gasteiger partial charge in [0, 0.05) is 11.8 Å². The molecule has 0 amide bonds. The number of hydrogen-bond acceptors (Lipinski definition) is 5. The van der Waals surface area contributed by atoms with Gasteiger partial charge in [0.25, 0.3) is 0 Å². The summed E-state index contributed by atoms with van der Waals surface area (Å²) in [6.45, 7) is 2.31. The first-order chi connectivity index (χ1) is 14.2. The molecule has 0 atom stereocenters. The van der Waals surface area contributed by atoms with E-state index in [0.29, 0.717) is 28.9 Å². The SMILES string of the molecule is Cc1c(OCc2ccccc2)cn2ncnc(Oc3cnc4[nH]ccc4c3F)c12. The average Bonchev–Trinajstić information content (AvgIpc) is 3.35. The summed E-state index contributed by atoms with van der Waals surface area (Å²) < 4.78 is 28.1. The highest BCUT2D eigenvalue weighted by molar-refractivity contribution is 5.78. The van der Waals surface area contributed by atoms with Gasteiger partial charge in [0.2, 0.25) is 5.88 Å². The van der Waals surface area contributed by atoms with E-state index in [4.69, 9.17) is 9.47 Å². The van der Waals surface area contributed by atoms with Crippen molar-refractivity contribution in [2.75, 3.05) is 0 Å². The first-order valence-corrected chi connectivity index (χ1v) is 9.00. The van der Waals surface area contributed by atoms with Crippen LogP contribution in [0.3, 0.4) is 0 Å². The van der Waals surface area contributed by atoms with Gasteiger partial charge in [-0.1, -0.05) is 30.3 Å². The molecule has 29 heavy (non-hydrogen) atoms. The molecule has 144 valence electrons. The van der Waals surface area contributed by atoms with Crippen molar-refractivity contribution >= 4 is 16.6 Å². The average molecular weight is 389 g/mol. The first-order valence-electron chi connectivity index (χ1n) is 9.00. The molecule has 0 unspecified atom stereocenters. The van der Waals surface area contributed by atoms with Gasteiger partial charge in [-0.2, -0.15) is 10.1 Å². The minimum absolute atomic E-state index is 0.00921. The third-order valence-corrected chi connectivity index (χ3v) is 4.68. The Bertz CT molecular complexity index is 1310. The molecule has 4 heterocycles. The zero-order valence-electron chi connectivity index (χ0n) is 15.5. The quantitative estimate of drug-likeness (QED) is 0.481. The van der Waals surface area contributed by atoms with Crippen LogP contribution < -0.4 is 9.47 Å². The monoisotopic (exact) mass is 389 g/mol. The molecule has 0 bridgehead atoms. The first kappa shape index (κ1) is 17.2. The maximum Gasteiger partial charge on any atom is 0.247 e. The van der Waals surface area contributed by atoms with Gasteiger partial charge in [0.1, 0.15) is 29.8 Å². The molecule has 0 aliphatic heterocycles. The highest BCUT2D eigenvalue weighted by atomic mass is 19.1. The molecule has 8 heteroatoms. The van der Waals surface area contributed by atoms with E-state index in [-0.39, 0.29) is 11.6 Å². The minimum Gasteiger partial charge on any atom is -0.487 e. The molecule has 0 saturated carbocycles. The van der Waals surface area contributed by atoms with Crippen LogP contribution in [-0.2, 0) is 6.61 Å². The molecule has 1 N–H and O–H groups in total. The number of rotatable bonds is 5. The maximum atomic E-state index is 14.7. The summed E-state index contributed by atoms with van der Waals surface area (Å²) in [5, 5.41) is 4.57. The van der Waals surface area contributed by atoms with Crippen LogP contribution in [0.25, 0.3) is 16.6 Å². The Labute approximate surface area is 164 Å². The van der Waals surface area contributed by atoms with E-state index in [0.717, 1.165) is 11.1 Å². The van der Waals surface area contributed by atoms with Crippen LogP contribution >= 0.6 is 0 Å². The molecular weight excluding hydrogens is 373 g/mol. The van der Waals surface area contributed by atoms with E-state index in [9.17, 15) is 4.39 Å². The maximum absolute atomic E-state index is 14.7. The second-order valence-corrected chi connectivity index (χ2v) is 6.53. The van der Waals surface area contributed by atoms with Gasteiger partial charge < -0.3 is 14.5 Å². The largest absolute Gasteiger partial charge is 0.487 e. The third kappa shape index (κ3) is 3.04. The van der Waals surface area contributed by atoms with Gasteiger partial charge >= 0.3 is 0 Å². The van der Waals surface area contributed by atoms with Gasteiger partial charge in [-0.3, -0.25) is 0 Å². The summed E-state index contributed by atoms with van der Waals surface area (Å²) >= 11 is 0. The molecular formula is C21H16FN5O2. The Kier molecular flexibility index (Phi) is 4.09. The van der Waals surface area contributed by atoms with Crippen LogP contribution in [0.2, 0.25) is 0 Å². The highest BCUT2D eigenvalue weighted by Gasteiger charge is 2.18. The number of hydrogen-bond donors (Lipinski definition) is 1. The van der Waals surface area contributed by atoms with E-state index in [1.165, 1.54) is 12.5 Å². The van der Waals surface area contributed by atoms with Crippen LogP contribution in [0, 0.1) is 12.7 Å². The van der Waals surface area contributed by atoms with E-state index < -0.39 is 5.82 Å². The predicted octanol–water partition coefficient (Wildman–Crippen LogP) is 4.42. The van der Waals surface area contributed by atoms with Crippen molar-refractivity contribution in [3.8, 4) is 17.4 Å². The number of ether oxygens (including phenoxy) is 2. The fraction of sp³-hybridized carbons (Fsp3) is 0.0952. The van der Waals surface area contributed by atoms with Crippen molar-refractivity contribution in [3.05, 3.63) is 78.3 Å². The summed E-state index contributed by atoms with van der Waals surface area (Å²) in [6, 6.07) is 11.5. The number of fused-ring (bicyclic) bond motifs is 2. The molecule has 1 aromatic carbocycles. The fourth-order valence-corrected chi connectivity index (χ4v) is 3.19. The van der Waals surface area contributed by atoms with Gasteiger partial charge in [0.05, 0.1) is 17.8 Å². The number of halogens is 1. The van der Waals surface area contributed by atoms with Crippen molar-refractivity contribution < 1.29 is 13.9 Å². The summed E-state index contributed by atoms with van der Waals surface area (Å²) in [5.41, 5.74) is 2.91. The molecule has 0 aliphatic rings. The van der Waals surface area contributed by atoms with E-state index in [1.807, 2.05) is 37.3 Å². The molecule has 0 saturated heterocycles. The number of nitrogens with one attached hydrogen (secondary N) is 1. The number of aromatic nitrogens is 5. The van der Waals surface area contributed by atoms with Crippen LogP contribution in [-0.4, -0.2) is 24.6 Å². The Balaban J connectivity index is 1.49. The Hall–Kier alpha value is -3.94. The molecule has 5 aromatic rings. The van der Waals surface area contributed by atoms with Crippen molar-refractivity contribution in [1.29, 1.82) is 0 Å². The zero-order valence-corrected chi connectivity index (χ0v) is 15.5. The predicted molar refractivity (Wildman–Crippen MR) is 105 cm³/mol. The number of H-pyrrole nitrogens is 1. The van der Waals surface area contributed by atoms with Gasteiger partial charge in [0.15, 0.2) is 11.6 Å². The van der Waals surface area contributed by atoms with Crippen molar-refractivity contribution in [3.63, 3.8) is 0 Å². The topological polar surface area (TPSA) is 77.3 Å². The lowest BCUT2D eigenvalue weighted by Gasteiger charge is -2.08. The summed E-state index contributed by atoms with van der Waals surface area (Å²) in [6.07, 6.45) is 6.06. The van der Waals surface area contributed by atoms with Crippen LogP contribution in [0.15, 0.2) is 61.3 Å². The summed E-state index contributed by atoms with van der Waals surface area (Å²) in [4.78, 5) is 11.2. The highest BCUT2D eigenvalue weighted by Crippen LogP contribution is 2.34. The third-order valence-electron chi connectivity index (χ3n) is 4.68. The summed E-state index contributed by atoms with van der Waals surface area (Å²) in [7, 11) is 0. The number of aromatic amines is 1. The number of benzene rings is 1. The van der Waals surface area contributed by atoms with Crippen molar-refractivity contribution in [2.24, 2.45) is 0 Å². The van der Waals surface area contributed by atoms with Gasteiger partial charge in [-0.15, -0.1) is 0 Å². The molecule has 0 fully saturated rings. The van der Waals surface area contributed by atoms with Crippen LogP contribution in [0.4, 0.5) is 4.39 Å².